The van der Waals surface area contributed by atoms with E-state index in [-0.39, 0.29) is 40.9 Å². The van der Waals surface area contributed by atoms with Crippen molar-refractivity contribution in [3.8, 4) is 0 Å². The van der Waals surface area contributed by atoms with E-state index in [1.54, 1.807) is 15.5 Å². The Morgan fingerprint density at radius 3 is 2.55 bits per heavy atom. The number of ether oxygens (including phenoxy) is 1. The number of thioether (sulfide) groups is 1. The molecule has 1 aromatic heterocycles. The lowest BCUT2D eigenvalue weighted by Crippen LogP contribution is -2.60. The van der Waals surface area contributed by atoms with Gasteiger partial charge in [0.25, 0.3) is 0 Å². The van der Waals surface area contributed by atoms with Crippen LogP contribution in [0.25, 0.3) is 10.9 Å². The van der Waals surface area contributed by atoms with Crippen LogP contribution in [0.2, 0.25) is 0 Å². The van der Waals surface area contributed by atoms with Crippen molar-refractivity contribution in [2.75, 3.05) is 24.6 Å². The van der Waals surface area contributed by atoms with Crippen molar-refractivity contribution in [3.05, 3.63) is 50.5 Å². The van der Waals surface area contributed by atoms with E-state index in [1.165, 1.54) is 13.1 Å². The highest BCUT2D eigenvalue weighted by atomic mass is 32.2. The van der Waals surface area contributed by atoms with Gasteiger partial charge in [0.05, 0.1) is 34.2 Å². The first kappa shape index (κ1) is 28.0. The smallest absolute Gasteiger partial charge is 0.407 e. The maximum Gasteiger partial charge on any atom is 0.407 e. The number of aliphatic hydroxyl groups excluding tert-OH is 1. The van der Waals surface area contributed by atoms with E-state index in [9.17, 15) is 39.3 Å². The van der Waals surface area contributed by atoms with Gasteiger partial charge in [-0.2, -0.15) is 0 Å². The molecular weight excluding hydrogens is 575 g/mol. The van der Waals surface area contributed by atoms with Gasteiger partial charge in [-0.3, -0.25) is 14.5 Å². The number of aromatic nitrogens is 1. The third-order valence-corrected chi connectivity index (χ3v) is 9.37. The molecule has 2 saturated heterocycles. The summed E-state index contributed by atoms with van der Waals surface area (Å²) in [5, 5.41) is 31.0. The minimum absolute atomic E-state index is 0.00783. The molecule has 2 amide bonds. The van der Waals surface area contributed by atoms with Gasteiger partial charge in [-0.15, -0.1) is 0 Å². The molecule has 4 atom stereocenters. The number of anilines is 1. The van der Waals surface area contributed by atoms with Crippen molar-refractivity contribution in [1.82, 2.24) is 14.8 Å². The number of amides is 2. The number of carboxylic acids is 2. The number of carbonyl (C=O) groups excluding carboxylic acids is 2. The third-order valence-electron chi connectivity index (χ3n) is 8.03. The van der Waals surface area contributed by atoms with Crippen LogP contribution in [0.3, 0.4) is 0 Å². The van der Waals surface area contributed by atoms with Gasteiger partial charge in [-0.25, -0.2) is 18.8 Å². The molecule has 6 rings (SSSR count). The average Bonchev–Trinajstić information content (AvgIpc) is 3.57. The highest BCUT2D eigenvalue weighted by Crippen LogP contribution is 2.50. The number of carboxylic acid groups (broad SMARTS) is 2. The van der Waals surface area contributed by atoms with E-state index >= 15 is 4.39 Å². The summed E-state index contributed by atoms with van der Waals surface area (Å²) in [6.07, 6.45) is 1.65. The highest BCUT2D eigenvalue weighted by Gasteiger charge is 2.57. The van der Waals surface area contributed by atoms with Crippen LogP contribution < -0.4 is 15.6 Å². The number of nitrogens with zero attached hydrogens (tertiary/aromatic N) is 3. The number of alkyl carbamates (subject to hydrolysis) is 1. The number of hydrogen-bond donors (Lipinski definition) is 4. The fourth-order valence-corrected chi connectivity index (χ4v) is 7.32. The largest absolute Gasteiger partial charge is 0.477 e. The van der Waals surface area contributed by atoms with Crippen LogP contribution >= 0.6 is 11.8 Å². The normalized spacial score (nSPS) is 24.1. The van der Waals surface area contributed by atoms with Gasteiger partial charge < -0.3 is 34.8 Å². The Labute approximate surface area is 241 Å². The van der Waals surface area contributed by atoms with Crippen molar-refractivity contribution in [3.63, 3.8) is 0 Å². The van der Waals surface area contributed by atoms with Crippen LogP contribution in [0.1, 0.15) is 42.6 Å². The molecule has 15 heteroatoms. The second-order valence-corrected chi connectivity index (χ2v) is 12.1. The van der Waals surface area contributed by atoms with Gasteiger partial charge in [0.2, 0.25) is 11.3 Å². The maximum atomic E-state index is 15.2. The Hall–Kier alpha value is -4.11. The van der Waals surface area contributed by atoms with Crippen LogP contribution in [-0.2, 0) is 14.3 Å². The molecule has 1 saturated carbocycles. The first-order valence-corrected chi connectivity index (χ1v) is 14.3. The first-order chi connectivity index (χ1) is 20.0. The number of hydrogen-bond acceptors (Lipinski definition) is 9. The van der Waals surface area contributed by atoms with E-state index in [0.717, 1.165) is 35.6 Å². The molecule has 13 nitrogen and oxygen atoms in total. The quantitative estimate of drug-likeness (QED) is 0.323. The Morgan fingerprint density at radius 1 is 1.17 bits per heavy atom. The number of rotatable bonds is 8. The van der Waals surface area contributed by atoms with Gasteiger partial charge in [-0.05, 0) is 38.3 Å². The van der Waals surface area contributed by atoms with Crippen LogP contribution in [0.5, 0.6) is 0 Å². The molecule has 3 unspecified atom stereocenters. The number of aliphatic carboxylic acids is 1. The molecule has 2 aromatic rings. The number of aliphatic hydroxyl groups is 1. The zero-order valence-electron chi connectivity index (χ0n) is 22.3. The Morgan fingerprint density at radius 2 is 1.90 bits per heavy atom. The highest BCUT2D eigenvalue weighted by molar-refractivity contribution is 8.04. The Kier molecular flexibility index (Phi) is 6.88. The lowest BCUT2D eigenvalue weighted by Gasteiger charge is -2.43. The number of pyridine rings is 1. The van der Waals surface area contributed by atoms with Crippen LogP contribution in [-0.4, -0.2) is 85.9 Å². The van der Waals surface area contributed by atoms with E-state index in [2.05, 4.69) is 5.32 Å². The topological polar surface area (TPSA) is 179 Å². The van der Waals surface area contributed by atoms with Crippen molar-refractivity contribution < 1.29 is 43.6 Å². The molecule has 222 valence electrons. The SMILES string of the molecule is CC(O)[C@H]1C(=O)N2C(C(=O)O)=C(COC(=O)NC3CCN(c4cc5c(cc4F)c(=O)c(C(=O)O)cn5C4CC4)C3)SC12. The predicted octanol–water partition coefficient (Wildman–Crippen LogP) is 1.69. The second-order valence-electron chi connectivity index (χ2n) is 10.8. The molecule has 1 aliphatic carbocycles. The monoisotopic (exact) mass is 602 g/mol. The minimum Gasteiger partial charge on any atom is -0.477 e. The number of halogens is 1. The summed E-state index contributed by atoms with van der Waals surface area (Å²) < 4.78 is 22.2. The molecule has 42 heavy (non-hydrogen) atoms. The van der Waals surface area contributed by atoms with Gasteiger partial charge >= 0.3 is 18.0 Å². The number of benzene rings is 1. The van der Waals surface area contributed by atoms with Crippen LogP contribution in [0.4, 0.5) is 14.9 Å². The lowest BCUT2D eigenvalue weighted by molar-refractivity contribution is -0.156. The molecular formula is C27H27FN4O9S. The fraction of sp³-hybridized carbons (Fsp3) is 0.444. The molecule has 4 N–H and O–H groups in total. The molecule has 3 fully saturated rings. The van der Waals surface area contributed by atoms with E-state index < -0.39 is 64.2 Å². The zero-order chi connectivity index (χ0) is 30.0. The van der Waals surface area contributed by atoms with Gasteiger partial charge in [0.1, 0.15) is 29.1 Å². The number of nitrogens with one attached hydrogen (secondary N) is 1. The molecule has 0 bridgehead atoms. The van der Waals surface area contributed by atoms with Gasteiger partial charge in [0.15, 0.2) is 0 Å². The number of β-lactam (4-membered cyclic amide) rings is 1. The summed E-state index contributed by atoms with van der Waals surface area (Å²) in [6.45, 7) is 1.70. The Balaban J connectivity index is 1.13. The van der Waals surface area contributed by atoms with Crippen molar-refractivity contribution in [2.24, 2.45) is 5.92 Å². The molecule has 3 aliphatic heterocycles. The number of carbonyl (C=O) groups is 4. The summed E-state index contributed by atoms with van der Waals surface area (Å²) in [4.78, 5) is 64.0. The standard InChI is InChI=1S/C27H27FN4O9S/c1-11(33)20-23(35)32-21(26(38)39)19(42-24(20)32)10-41-27(40)29-12-4-5-30(8-12)18-7-17-14(6-16(18)28)22(34)15(25(36)37)9-31(17)13-2-3-13/h6-7,9,11-13,20,24,33H,2-5,8,10H2,1H3,(H,29,40)(H,36,37)(H,38,39)/t11?,12?,20-,24?/m0/s1. The van der Waals surface area contributed by atoms with Crippen molar-refractivity contribution in [1.29, 1.82) is 0 Å². The number of aromatic carboxylic acids is 1. The van der Waals surface area contributed by atoms with Gasteiger partial charge in [0, 0.05) is 30.7 Å². The zero-order valence-corrected chi connectivity index (χ0v) is 23.1. The lowest BCUT2D eigenvalue weighted by atomic mass is 9.92. The van der Waals surface area contributed by atoms with Gasteiger partial charge in [-0.1, -0.05) is 11.8 Å². The second kappa shape index (κ2) is 10.3. The minimum atomic E-state index is -1.37. The predicted molar refractivity (Wildman–Crippen MR) is 147 cm³/mol. The van der Waals surface area contributed by atoms with Crippen molar-refractivity contribution in [2.45, 2.75) is 49.7 Å². The van der Waals surface area contributed by atoms with Crippen LogP contribution in [0, 0.1) is 11.7 Å². The summed E-state index contributed by atoms with van der Waals surface area (Å²) in [5.41, 5.74) is -0.763. The molecule has 4 aliphatic rings. The number of fused-ring (bicyclic) bond motifs is 2. The molecule has 0 radical (unpaired) electrons. The Bertz CT molecular complexity index is 1640. The maximum absolute atomic E-state index is 15.2. The van der Waals surface area contributed by atoms with Crippen LogP contribution in [0.15, 0.2) is 33.7 Å². The first-order valence-electron chi connectivity index (χ1n) is 13.4. The van der Waals surface area contributed by atoms with Crippen molar-refractivity contribution >= 4 is 52.3 Å². The summed E-state index contributed by atoms with van der Waals surface area (Å²) in [5.74, 6) is -4.63. The summed E-state index contributed by atoms with van der Waals surface area (Å²) >= 11 is 1.06. The molecule has 4 heterocycles. The summed E-state index contributed by atoms with van der Waals surface area (Å²) in [7, 11) is 0. The fourth-order valence-electron chi connectivity index (χ4n) is 5.80. The van der Waals surface area contributed by atoms with E-state index in [1.807, 2.05) is 0 Å². The van der Waals surface area contributed by atoms with E-state index in [0.29, 0.717) is 18.5 Å². The third kappa shape index (κ3) is 4.65. The molecule has 0 spiro atoms. The summed E-state index contributed by atoms with van der Waals surface area (Å²) in [6, 6.07) is 2.22. The molecule has 1 aromatic carbocycles. The van der Waals surface area contributed by atoms with E-state index in [4.69, 9.17) is 4.74 Å². The average molecular weight is 603 g/mol.